The van der Waals surface area contributed by atoms with Crippen molar-refractivity contribution in [1.82, 2.24) is 9.55 Å². The van der Waals surface area contributed by atoms with Gasteiger partial charge < -0.3 is 10.3 Å². The molecule has 112 valence electrons. The summed E-state index contributed by atoms with van der Waals surface area (Å²) < 4.78 is 28.6. The molecule has 3 nitrogen and oxygen atoms in total. The summed E-state index contributed by atoms with van der Waals surface area (Å²) in [6.45, 7) is 6.22. The van der Waals surface area contributed by atoms with Crippen LogP contribution in [0.15, 0.2) is 18.2 Å². The summed E-state index contributed by atoms with van der Waals surface area (Å²) in [4.78, 5) is 4.63. The van der Waals surface area contributed by atoms with Crippen molar-refractivity contribution >= 4 is 5.82 Å². The third-order valence-corrected chi connectivity index (χ3v) is 3.72. The summed E-state index contributed by atoms with van der Waals surface area (Å²) in [5.74, 6) is -0.323. The number of aromatic nitrogens is 2. The standard InChI is InChI=1S/C16H19F2N3/c1-16(2,3)15-20-13(14(19)21(15)10-5-6-10)9-4-7-11(17)12(18)8-9/h4,7-8,10H,5-6,19H2,1-3H3. The molecule has 1 saturated carbocycles. The molecule has 1 heterocycles. The Morgan fingerprint density at radius 1 is 1.19 bits per heavy atom. The van der Waals surface area contributed by atoms with E-state index in [-0.39, 0.29) is 5.41 Å². The van der Waals surface area contributed by atoms with E-state index >= 15 is 0 Å². The SMILES string of the molecule is CC(C)(C)c1nc(-c2ccc(F)c(F)c2)c(N)n1C1CC1. The van der Waals surface area contributed by atoms with Crippen LogP contribution >= 0.6 is 0 Å². The summed E-state index contributed by atoms with van der Waals surface area (Å²) in [7, 11) is 0. The molecule has 3 rings (SSSR count). The van der Waals surface area contributed by atoms with Crippen LogP contribution in [0.25, 0.3) is 11.3 Å². The third kappa shape index (κ3) is 2.41. The normalized spacial score (nSPS) is 15.5. The van der Waals surface area contributed by atoms with Crippen molar-refractivity contribution in [3.8, 4) is 11.3 Å². The van der Waals surface area contributed by atoms with Crippen LogP contribution in [0, 0.1) is 11.6 Å². The van der Waals surface area contributed by atoms with E-state index in [0.29, 0.717) is 23.1 Å². The van der Waals surface area contributed by atoms with E-state index in [1.807, 2.05) is 0 Å². The number of nitrogen functional groups attached to an aromatic ring is 1. The van der Waals surface area contributed by atoms with E-state index in [0.717, 1.165) is 30.8 Å². The van der Waals surface area contributed by atoms with Gasteiger partial charge in [0.05, 0.1) is 0 Å². The number of halogens is 2. The molecule has 0 amide bonds. The van der Waals surface area contributed by atoms with Gasteiger partial charge in [-0.3, -0.25) is 0 Å². The topological polar surface area (TPSA) is 43.8 Å². The van der Waals surface area contributed by atoms with Crippen LogP contribution in [0.3, 0.4) is 0 Å². The smallest absolute Gasteiger partial charge is 0.159 e. The molecule has 0 atom stereocenters. The number of nitrogens with zero attached hydrogens (tertiary/aromatic N) is 2. The Hall–Kier alpha value is -1.91. The Morgan fingerprint density at radius 3 is 2.38 bits per heavy atom. The monoisotopic (exact) mass is 291 g/mol. The van der Waals surface area contributed by atoms with Crippen LogP contribution in [-0.4, -0.2) is 9.55 Å². The predicted molar refractivity (Wildman–Crippen MR) is 79.0 cm³/mol. The van der Waals surface area contributed by atoms with Gasteiger partial charge in [-0.25, -0.2) is 13.8 Å². The summed E-state index contributed by atoms with van der Waals surface area (Å²) in [5.41, 5.74) is 7.13. The second-order valence-electron chi connectivity index (χ2n) is 6.65. The lowest BCUT2D eigenvalue weighted by molar-refractivity contribution is 0.504. The quantitative estimate of drug-likeness (QED) is 0.907. The Morgan fingerprint density at radius 2 is 1.86 bits per heavy atom. The summed E-state index contributed by atoms with van der Waals surface area (Å²) in [6.07, 6.45) is 2.17. The lowest BCUT2D eigenvalue weighted by atomic mass is 9.95. The first-order valence-electron chi connectivity index (χ1n) is 7.12. The first-order valence-corrected chi connectivity index (χ1v) is 7.12. The molecule has 1 aromatic heterocycles. The van der Waals surface area contributed by atoms with Gasteiger partial charge in [-0.1, -0.05) is 20.8 Å². The van der Waals surface area contributed by atoms with Gasteiger partial charge in [0.25, 0.3) is 0 Å². The average Bonchev–Trinajstić information content (AvgIpc) is 3.15. The lowest BCUT2D eigenvalue weighted by Gasteiger charge is -2.20. The summed E-state index contributed by atoms with van der Waals surface area (Å²) in [6, 6.07) is 4.15. The van der Waals surface area contributed by atoms with Crippen molar-refractivity contribution in [2.24, 2.45) is 0 Å². The molecular formula is C16H19F2N3. The first kappa shape index (κ1) is 14.0. The van der Waals surface area contributed by atoms with Crippen LogP contribution in [0.1, 0.15) is 45.5 Å². The zero-order chi connectivity index (χ0) is 15.4. The number of rotatable bonds is 2. The summed E-state index contributed by atoms with van der Waals surface area (Å²) in [5, 5.41) is 0. The molecule has 1 fully saturated rings. The fourth-order valence-corrected chi connectivity index (χ4v) is 2.53. The highest BCUT2D eigenvalue weighted by molar-refractivity contribution is 5.71. The number of benzene rings is 1. The molecule has 0 saturated heterocycles. The van der Waals surface area contributed by atoms with Crippen molar-refractivity contribution in [3.63, 3.8) is 0 Å². The second-order valence-corrected chi connectivity index (χ2v) is 6.65. The predicted octanol–water partition coefficient (Wildman–Crippen LogP) is 4.04. The molecule has 2 aromatic rings. The minimum Gasteiger partial charge on any atom is -0.383 e. The van der Waals surface area contributed by atoms with Crippen LogP contribution in [-0.2, 0) is 5.41 Å². The molecule has 1 aromatic carbocycles. The number of nitrogens with two attached hydrogens (primary N) is 1. The average molecular weight is 291 g/mol. The fraction of sp³-hybridized carbons (Fsp3) is 0.438. The molecular weight excluding hydrogens is 272 g/mol. The van der Waals surface area contributed by atoms with Gasteiger partial charge in [0.15, 0.2) is 11.6 Å². The minimum absolute atomic E-state index is 0.159. The van der Waals surface area contributed by atoms with Gasteiger partial charge in [0, 0.05) is 17.0 Å². The van der Waals surface area contributed by atoms with Gasteiger partial charge in [-0.2, -0.15) is 0 Å². The van der Waals surface area contributed by atoms with Crippen molar-refractivity contribution in [1.29, 1.82) is 0 Å². The molecule has 1 aliphatic rings. The maximum absolute atomic E-state index is 13.5. The van der Waals surface area contributed by atoms with Crippen molar-refractivity contribution < 1.29 is 8.78 Å². The Kier molecular flexibility index (Phi) is 3.04. The number of imidazole rings is 1. The highest BCUT2D eigenvalue weighted by Gasteiger charge is 2.34. The van der Waals surface area contributed by atoms with E-state index in [1.165, 1.54) is 6.07 Å². The second kappa shape index (κ2) is 4.55. The number of anilines is 1. The Balaban J connectivity index is 2.17. The van der Waals surface area contributed by atoms with Gasteiger partial charge in [0.2, 0.25) is 0 Å². The molecule has 0 unspecified atom stereocenters. The molecule has 2 N–H and O–H groups in total. The summed E-state index contributed by atoms with van der Waals surface area (Å²) >= 11 is 0. The van der Waals surface area contributed by atoms with E-state index in [2.05, 4.69) is 30.3 Å². The van der Waals surface area contributed by atoms with Crippen LogP contribution in [0.2, 0.25) is 0 Å². The molecule has 5 heteroatoms. The Labute approximate surface area is 122 Å². The van der Waals surface area contributed by atoms with E-state index in [1.54, 1.807) is 0 Å². The van der Waals surface area contributed by atoms with E-state index in [4.69, 9.17) is 5.73 Å². The zero-order valence-corrected chi connectivity index (χ0v) is 12.5. The van der Waals surface area contributed by atoms with Crippen LogP contribution in [0.5, 0.6) is 0 Å². The maximum Gasteiger partial charge on any atom is 0.159 e. The molecule has 0 radical (unpaired) electrons. The maximum atomic E-state index is 13.5. The minimum atomic E-state index is -0.884. The van der Waals surface area contributed by atoms with Crippen LogP contribution < -0.4 is 5.73 Å². The van der Waals surface area contributed by atoms with Gasteiger partial charge in [-0.15, -0.1) is 0 Å². The Bertz CT molecular complexity index is 694. The highest BCUT2D eigenvalue weighted by Crippen LogP contribution is 2.43. The van der Waals surface area contributed by atoms with Gasteiger partial charge in [-0.05, 0) is 31.0 Å². The zero-order valence-electron chi connectivity index (χ0n) is 12.5. The lowest BCUT2D eigenvalue weighted by Crippen LogP contribution is -2.19. The molecule has 0 spiro atoms. The van der Waals surface area contributed by atoms with Crippen molar-refractivity contribution in [3.05, 3.63) is 35.7 Å². The largest absolute Gasteiger partial charge is 0.383 e. The van der Waals surface area contributed by atoms with Crippen molar-refractivity contribution in [2.75, 3.05) is 5.73 Å². The van der Waals surface area contributed by atoms with E-state index in [9.17, 15) is 8.78 Å². The van der Waals surface area contributed by atoms with Gasteiger partial charge >= 0.3 is 0 Å². The van der Waals surface area contributed by atoms with Gasteiger partial charge in [0.1, 0.15) is 17.3 Å². The molecule has 1 aliphatic carbocycles. The van der Waals surface area contributed by atoms with Crippen molar-refractivity contribution in [2.45, 2.75) is 45.1 Å². The molecule has 0 aliphatic heterocycles. The third-order valence-electron chi connectivity index (χ3n) is 3.72. The van der Waals surface area contributed by atoms with E-state index < -0.39 is 11.6 Å². The highest BCUT2D eigenvalue weighted by atomic mass is 19.2. The molecule has 21 heavy (non-hydrogen) atoms. The van der Waals surface area contributed by atoms with Crippen LogP contribution in [0.4, 0.5) is 14.6 Å². The number of hydrogen-bond acceptors (Lipinski definition) is 2. The number of hydrogen-bond donors (Lipinski definition) is 1. The fourth-order valence-electron chi connectivity index (χ4n) is 2.53. The first-order chi connectivity index (χ1) is 9.79. The molecule has 0 bridgehead atoms.